The summed E-state index contributed by atoms with van der Waals surface area (Å²) in [6.45, 7) is 8.31. The number of halogens is 1. The number of benzene rings is 4. The van der Waals surface area contributed by atoms with E-state index in [1.807, 2.05) is 50.2 Å². The first kappa shape index (κ1) is 22.5. The van der Waals surface area contributed by atoms with Gasteiger partial charge in [-0.15, -0.1) is 0 Å². The van der Waals surface area contributed by atoms with Crippen LogP contribution in [0.1, 0.15) is 38.8 Å². The predicted octanol–water partition coefficient (Wildman–Crippen LogP) is 7.80. The molecule has 180 valence electrons. The van der Waals surface area contributed by atoms with Crippen LogP contribution in [0.4, 0.5) is 10.1 Å². The monoisotopic (exact) mass is 476 g/mol. The molecule has 0 saturated heterocycles. The average Bonchev–Trinajstić information content (AvgIpc) is 3.21. The minimum absolute atomic E-state index is 0.455. The number of aryl methyl sites for hydroxylation is 1. The number of hydrogen-bond donors (Lipinski definition) is 1. The quantitative estimate of drug-likeness (QED) is 0.161. The molecule has 0 aliphatic carbocycles. The molecule has 1 atom stereocenters. The number of nitrogens with one attached hydrogen (secondary N) is 1. The summed E-state index contributed by atoms with van der Waals surface area (Å²) in [4.78, 5) is 6.44. The molecular weight excluding hydrogens is 447 g/mol. The first-order valence-electron chi connectivity index (χ1n) is 12.4. The Morgan fingerprint density at radius 1 is 0.917 bits per heavy atom. The summed E-state index contributed by atoms with van der Waals surface area (Å²) in [7, 11) is 0. The van der Waals surface area contributed by atoms with E-state index in [0.717, 1.165) is 55.9 Å². The molecule has 5 heteroatoms. The van der Waals surface area contributed by atoms with Gasteiger partial charge in [0.2, 0.25) is 5.79 Å². The van der Waals surface area contributed by atoms with Gasteiger partial charge in [0, 0.05) is 33.8 Å². The van der Waals surface area contributed by atoms with Crippen molar-refractivity contribution in [2.75, 3.05) is 4.90 Å². The maximum atomic E-state index is 16.3. The van der Waals surface area contributed by atoms with Crippen LogP contribution in [0.15, 0.2) is 83.9 Å². The van der Waals surface area contributed by atoms with Crippen molar-refractivity contribution in [2.45, 2.75) is 45.4 Å². The highest BCUT2D eigenvalue weighted by Gasteiger charge is 2.48. The van der Waals surface area contributed by atoms with Gasteiger partial charge in [0.1, 0.15) is 5.84 Å². The molecule has 6 rings (SSSR count). The van der Waals surface area contributed by atoms with Crippen LogP contribution in [0.3, 0.4) is 0 Å². The fraction of sp³-hybridized carbons (Fsp3) is 0.226. The summed E-state index contributed by atoms with van der Waals surface area (Å²) in [5.74, 6) is -1.40. The van der Waals surface area contributed by atoms with E-state index in [1.165, 1.54) is 13.3 Å². The van der Waals surface area contributed by atoms with E-state index in [4.69, 9.17) is 10.4 Å². The Morgan fingerprint density at radius 3 is 2.31 bits per heavy atom. The number of rotatable bonds is 3. The lowest BCUT2D eigenvalue weighted by Gasteiger charge is -2.42. The molecule has 1 aliphatic heterocycles. The lowest BCUT2D eigenvalue weighted by Crippen LogP contribution is -2.48. The van der Waals surface area contributed by atoms with Gasteiger partial charge in [-0.2, -0.15) is 0 Å². The zero-order valence-corrected chi connectivity index (χ0v) is 21.0. The fourth-order valence-electron chi connectivity index (χ4n) is 5.64. The molecule has 4 nitrogen and oxygen atoms in total. The molecule has 0 spiro atoms. The van der Waals surface area contributed by atoms with E-state index < -0.39 is 11.2 Å². The number of aliphatic imine (C=N–C) groups is 1. The van der Waals surface area contributed by atoms with Crippen molar-refractivity contribution >= 4 is 50.4 Å². The maximum absolute atomic E-state index is 16.3. The van der Waals surface area contributed by atoms with Gasteiger partial charge in [0.15, 0.2) is 0 Å². The number of anilines is 1. The van der Waals surface area contributed by atoms with Gasteiger partial charge in [0.25, 0.3) is 0 Å². The van der Waals surface area contributed by atoms with E-state index >= 15 is 4.39 Å². The van der Waals surface area contributed by atoms with Gasteiger partial charge in [-0.1, -0.05) is 62.4 Å². The van der Waals surface area contributed by atoms with Crippen molar-refractivity contribution in [3.8, 4) is 0 Å². The third kappa shape index (κ3) is 2.98. The van der Waals surface area contributed by atoms with Gasteiger partial charge in [-0.25, -0.2) is 9.38 Å². The molecule has 1 aliphatic rings. The third-order valence-corrected chi connectivity index (χ3v) is 7.97. The lowest BCUT2D eigenvalue weighted by atomic mass is 9.72. The first-order chi connectivity index (χ1) is 17.3. The molecule has 0 fully saturated rings. The molecule has 2 heterocycles. The fourth-order valence-corrected chi connectivity index (χ4v) is 5.64. The normalized spacial score (nSPS) is 18.9. The molecule has 0 saturated carbocycles. The van der Waals surface area contributed by atoms with Crippen LogP contribution in [0.5, 0.6) is 0 Å². The second-order valence-electron chi connectivity index (χ2n) is 10.2. The van der Waals surface area contributed by atoms with E-state index in [9.17, 15) is 0 Å². The van der Waals surface area contributed by atoms with Crippen LogP contribution in [0.2, 0.25) is 0 Å². The summed E-state index contributed by atoms with van der Waals surface area (Å²) in [5, 5.41) is 12.8. The van der Waals surface area contributed by atoms with Crippen molar-refractivity contribution in [1.29, 1.82) is 5.41 Å². The SMILES string of the molecule is CCn1c2ccccc2c2c(N(C=N)C3=N[C@@](C)(F)C(C)(C)c4cc5ccccc5cc43)cccc21. The number of nitrogens with zero attached hydrogens (tertiary/aromatic N) is 3. The summed E-state index contributed by atoms with van der Waals surface area (Å²) in [6.07, 6.45) is 1.26. The minimum Gasteiger partial charge on any atom is -0.341 e. The molecule has 1 N–H and O–H groups in total. The molecule has 1 aromatic heterocycles. The number of para-hydroxylation sites is 1. The van der Waals surface area contributed by atoms with Crippen LogP contribution in [0.25, 0.3) is 32.6 Å². The van der Waals surface area contributed by atoms with Crippen LogP contribution in [-0.2, 0) is 12.0 Å². The highest BCUT2D eigenvalue weighted by atomic mass is 19.1. The van der Waals surface area contributed by atoms with Crippen LogP contribution >= 0.6 is 0 Å². The van der Waals surface area contributed by atoms with Gasteiger partial charge < -0.3 is 4.57 Å². The molecule has 5 aromatic rings. The number of aromatic nitrogens is 1. The summed E-state index contributed by atoms with van der Waals surface area (Å²) >= 11 is 0. The molecule has 0 bridgehead atoms. The summed E-state index contributed by atoms with van der Waals surface area (Å²) < 4.78 is 18.6. The predicted molar refractivity (Wildman–Crippen MR) is 149 cm³/mol. The molecule has 0 unspecified atom stereocenters. The van der Waals surface area contributed by atoms with Gasteiger partial charge in [-0.05, 0) is 60.5 Å². The van der Waals surface area contributed by atoms with Crippen molar-refractivity contribution in [3.63, 3.8) is 0 Å². The standard InChI is InChI=1S/C31H29FN4/c1-5-35-25-14-9-8-13-22(25)28-26(35)15-10-16-27(28)36(19-33)29-23-17-20-11-6-7-12-21(20)18-24(23)30(2,3)31(4,32)34-29/h6-19,33H,5H2,1-4H3/t31-/m1/s1. The summed E-state index contributed by atoms with van der Waals surface area (Å²) in [5.41, 5.74) is 3.95. The maximum Gasteiger partial charge on any atom is 0.208 e. The Labute approximate surface area is 210 Å². The van der Waals surface area contributed by atoms with Crippen molar-refractivity contribution in [2.24, 2.45) is 4.99 Å². The molecule has 36 heavy (non-hydrogen) atoms. The third-order valence-electron chi connectivity index (χ3n) is 7.97. The first-order valence-corrected chi connectivity index (χ1v) is 12.4. The number of fused-ring (bicyclic) bond motifs is 5. The number of alkyl halides is 1. The minimum atomic E-state index is -1.86. The Morgan fingerprint density at radius 2 is 1.58 bits per heavy atom. The second-order valence-corrected chi connectivity index (χ2v) is 10.2. The van der Waals surface area contributed by atoms with Crippen LogP contribution in [-0.4, -0.2) is 22.5 Å². The van der Waals surface area contributed by atoms with E-state index in [0.29, 0.717) is 5.84 Å². The van der Waals surface area contributed by atoms with Crippen molar-refractivity contribution in [1.82, 2.24) is 4.57 Å². The Kier molecular flexibility index (Phi) is 4.84. The smallest absolute Gasteiger partial charge is 0.208 e. The zero-order chi connectivity index (χ0) is 25.2. The van der Waals surface area contributed by atoms with Crippen molar-refractivity contribution < 1.29 is 4.39 Å². The molecule has 0 radical (unpaired) electrons. The van der Waals surface area contributed by atoms with Crippen LogP contribution < -0.4 is 4.90 Å². The number of hydrogen-bond acceptors (Lipinski definition) is 2. The molecular formula is C31H29FN4. The Hall–Kier alpha value is -3.99. The van der Waals surface area contributed by atoms with E-state index in [1.54, 1.807) is 4.90 Å². The highest BCUT2D eigenvalue weighted by molar-refractivity contribution is 6.26. The Bertz CT molecular complexity index is 1710. The van der Waals surface area contributed by atoms with Crippen molar-refractivity contribution in [3.05, 3.63) is 90.0 Å². The van der Waals surface area contributed by atoms with Gasteiger partial charge in [0.05, 0.1) is 17.5 Å². The summed E-state index contributed by atoms with van der Waals surface area (Å²) in [6, 6.07) is 26.7. The molecule has 4 aromatic carbocycles. The zero-order valence-electron chi connectivity index (χ0n) is 21.0. The average molecular weight is 477 g/mol. The Balaban J connectivity index is 1.67. The lowest BCUT2D eigenvalue weighted by molar-refractivity contribution is 0.0994. The van der Waals surface area contributed by atoms with Crippen LogP contribution in [0, 0.1) is 5.41 Å². The highest BCUT2D eigenvalue weighted by Crippen LogP contribution is 2.46. The van der Waals surface area contributed by atoms with Gasteiger partial charge >= 0.3 is 0 Å². The largest absolute Gasteiger partial charge is 0.341 e. The number of amidine groups is 1. The van der Waals surface area contributed by atoms with Gasteiger partial charge in [-0.3, -0.25) is 10.3 Å². The molecule has 0 amide bonds. The van der Waals surface area contributed by atoms with E-state index in [-0.39, 0.29) is 0 Å². The van der Waals surface area contributed by atoms with E-state index in [2.05, 4.69) is 54.0 Å². The second kappa shape index (κ2) is 7.76. The topological polar surface area (TPSA) is 44.4 Å².